The number of rotatable bonds is 0. The summed E-state index contributed by atoms with van der Waals surface area (Å²) in [7, 11) is 0. The predicted molar refractivity (Wildman–Crippen MR) is 42.7 cm³/mol. The topological polar surface area (TPSA) is 74.8 Å². The van der Waals surface area contributed by atoms with Crippen LogP contribution in [0.3, 0.4) is 0 Å². The fourth-order valence-corrected chi connectivity index (χ4v) is 1.59. The Bertz CT molecular complexity index is 315. The molecule has 3 aliphatic heterocycles. The Morgan fingerprint density at radius 1 is 0.714 bits per heavy atom. The third-order valence-corrected chi connectivity index (χ3v) is 2.38. The first-order valence-corrected chi connectivity index (χ1v) is 4.30. The van der Waals surface area contributed by atoms with Crippen molar-refractivity contribution in [3.8, 4) is 0 Å². The number of carbonyl (C=O) groups excluding carboxylic acids is 4. The second-order valence-corrected chi connectivity index (χ2v) is 3.20. The number of amides is 4. The maximum absolute atomic E-state index is 11.3. The van der Waals surface area contributed by atoms with E-state index in [9.17, 15) is 19.2 Å². The lowest BCUT2D eigenvalue weighted by atomic mass is 10.1. The molecule has 0 aromatic heterocycles. The second-order valence-electron chi connectivity index (χ2n) is 3.20. The lowest BCUT2D eigenvalue weighted by Gasteiger charge is -2.33. The van der Waals surface area contributed by atoms with E-state index in [1.54, 1.807) is 0 Å². The fraction of sp³-hybridized carbons (Fsp3) is 0.500. The Morgan fingerprint density at radius 2 is 1.07 bits per heavy atom. The number of nitrogens with zero attached hydrogens (tertiary/aromatic N) is 2. The van der Waals surface area contributed by atoms with E-state index >= 15 is 0 Å². The molecule has 3 aliphatic rings. The molecule has 2 bridgehead atoms. The van der Waals surface area contributed by atoms with Gasteiger partial charge < -0.3 is 0 Å². The van der Waals surface area contributed by atoms with Gasteiger partial charge in [-0.3, -0.25) is 29.0 Å². The molecular formula is C8H8N2O4. The molecule has 14 heavy (non-hydrogen) atoms. The van der Waals surface area contributed by atoms with Gasteiger partial charge in [0, 0.05) is 25.9 Å². The van der Waals surface area contributed by atoms with Crippen molar-refractivity contribution in [2.45, 2.75) is 12.8 Å². The molecule has 4 amide bonds. The zero-order chi connectivity index (χ0) is 10.3. The Balaban J connectivity index is 2.38. The van der Waals surface area contributed by atoms with Gasteiger partial charge in [-0.15, -0.1) is 0 Å². The molecule has 6 heteroatoms. The van der Waals surface area contributed by atoms with Crippen LogP contribution in [0.5, 0.6) is 0 Å². The molecule has 74 valence electrons. The summed E-state index contributed by atoms with van der Waals surface area (Å²) >= 11 is 0. The van der Waals surface area contributed by atoms with E-state index < -0.39 is 23.6 Å². The average molecular weight is 196 g/mol. The van der Waals surface area contributed by atoms with E-state index in [4.69, 9.17) is 0 Å². The third-order valence-electron chi connectivity index (χ3n) is 2.38. The summed E-state index contributed by atoms with van der Waals surface area (Å²) in [5, 5.41) is 0. The van der Waals surface area contributed by atoms with Crippen molar-refractivity contribution in [1.82, 2.24) is 9.80 Å². The Labute approximate surface area is 79.4 Å². The largest absolute Gasteiger partial charge is 0.319 e. The predicted octanol–water partition coefficient (Wildman–Crippen LogP) is -1.50. The first kappa shape index (κ1) is 8.86. The molecule has 0 N–H and O–H groups in total. The Kier molecular flexibility index (Phi) is 1.83. The van der Waals surface area contributed by atoms with Gasteiger partial charge in [0.15, 0.2) is 0 Å². The van der Waals surface area contributed by atoms with Gasteiger partial charge in [0.2, 0.25) is 11.8 Å². The number of imide groups is 2. The van der Waals surface area contributed by atoms with Crippen molar-refractivity contribution in [2.75, 3.05) is 13.1 Å². The SMILES string of the molecule is O=C1CCC(=O)N2CCN1C(=O)C2=O. The molecule has 0 radical (unpaired) electrons. The standard InChI is InChI=1S/C8H8N2O4/c11-5-1-2-6(12)10-4-3-9(5)7(13)8(10)14/h1-4H2. The number of carbonyl (C=O) groups is 4. The van der Waals surface area contributed by atoms with Gasteiger partial charge in [-0.2, -0.15) is 0 Å². The van der Waals surface area contributed by atoms with Crippen LogP contribution in [0.25, 0.3) is 0 Å². The average Bonchev–Trinajstić information content (AvgIpc) is 2.16. The van der Waals surface area contributed by atoms with Crippen molar-refractivity contribution in [3.63, 3.8) is 0 Å². The molecular weight excluding hydrogens is 188 g/mol. The maximum atomic E-state index is 11.3. The maximum Gasteiger partial charge on any atom is 0.319 e. The summed E-state index contributed by atoms with van der Waals surface area (Å²) in [6.45, 7) is 0.268. The van der Waals surface area contributed by atoms with E-state index in [1.807, 2.05) is 0 Å². The van der Waals surface area contributed by atoms with Crippen LogP contribution in [0, 0.1) is 0 Å². The molecule has 3 fully saturated rings. The van der Waals surface area contributed by atoms with E-state index in [0.29, 0.717) is 0 Å². The zero-order valence-corrected chi connectivity index (χ0v) is 7.36. The second kappa shape index (κ2) is 2.90. The first-order valence-electron chi connectivity index (χ1n) is 4.30. The van der Waals surface area contributed by atoms with E-state index in [1.165, 1.54) is 0 Å². The molecule has 0 atom stereocenters. The lowest BCUT2D eigenvalue weighted by Crippen LogP contribution is -2.59. The highest BCUT2D eigenvalue weighted by atomic mass is 16.2. The molecule has 3 rings (SSSR count). The molecule has 6 nitrogen and oxygen atoms in total. The van der Waals surface area contributed by atoms with E-state index in [0.717, 1.165) is 9.80 Å². The smallest absolute Gasteiger partial charge is 0.274 e. The highest BCUT2D eigenvalue weighted by Gasteiger charge is 2.40. The molecule has 0 spiro atoms. The molecule has 0 unspecified atom stereocenters. The molecule has 0 aromatic carbocycles. The van der Waals surface area contributed by atoms with Gasteiger partial charge in [-0.25, -0.2) is 0 Å². The number of hydrogen-bond donors (Lipinski definition) is 0. The zero-order valence-electron chi connectivity index (χ0n) is 7.36. The van der Waals surface area contributed by atoms with E-state index in [-0.39, 0.29) is 25.9 Å². The van der Waals surface area contributed by atoms with Crippen molar-refractivity contribution < 1.29 is 19.2 Å². The number of piperazine rings is 1. The van der Waals surface area contributed by atoms with Crippen molar-refractivity contribution in [1.29, 1.82) is 0 Å². The summed E-state index contributed by atoms with van der Waals surface area (Å²) in [5.74, 6) is -2.63. The van der Waals surface area contributed by atoms with Crippen LogP contribution in [-0.4, -0.2) is 46.5 Å². The number of hydrogen-bond acceptors (Lipinski definition) is 4. The lowest BCUT2D eigenvalue weighted by molar-refractivity contribution is -0.167. The summed E-state index contributed by atoms with van der Waals surface area (Å²) in [6, 6.07) is 0. The van der Waals surface area contributed by atoms with Gasteiger partial charge >= 0.3 is 11.8 Å². The highest BCUT2D eigenvalue weighted by Crippen LogP contribution is 2.14. The summed E-state index contributed by atoms with van der Waals surface area (Å²) in [5.41, 5.74) is 0. The monoisotopic (exact) mass is 196 g/mol. The van der Waals surface area contributed by atoms with Crippen LogP contribution < -0.4 is 0 Å². The highest BCUT2D eigenvalue weighted by molar-refractivity contribution is 6.41. The molecule has 0 saturated carbocycles. The van der Waals surface area contributed by atoms with Crippen LogP contribution in [0.1, 0.15) is 12.8 Å². The van der Waals surface area contributed by atoms with Crippen molar-refractivity contribution >= 4 is 23.6 Å². The quantitative estimate of drug-likeness (QED) is 0.349. The van der Waals surface area contributed by atoms with Crippen molar-refractivity contribution in [3.05, 3.63) is 0 Å². The van der Waals surface area contributed by atoms with Crippen molar-refractivity contribution in [2.24, 2.45) is 0 Å². The van der Waals surface area contributed by atoms with Gasteiger partial charge in [0.25, 0.3) is 0 Å². The minimum atomic E-state index is -0.880. The van der Waals surface area contributed by atoms with Crippen LogP contribution in [0.4, 0.5) is 0 Å². The van der Waals surface area contributed by atoms with Gasteiger partial charge in [0.05, 0.1) is 0 Å². The Hall–Kier alpha value is -1.72. The normalized spacial score (nSPS) is 22.9. The first-order chi connectivity index (χ1) is 6.61. The summed E-state index contributed by atoms with van der Waals surface area (Å²) < 4.78 is 0. The van der Waals surface area contributed by atoms with Crippen LogP contribution in [0.15, 0.2) is 0 Å². The minimum absolute atomic E-state index is 0.00829. The molecule has 0 aromatic rings. The van der Waals surface area contributed by atoms with Crippen LogP contribution >= 0.6 is 0 Å². The van der Waals surface area contributed by atoms with Gasteiger partial charge in [-0.05, 0) is 0 Å². The molecule has 3 heterocycles. The molecule has 3 saturated heterocycles. The fourth-order valence-electron chi connectivity index (χ4n) is 1.59. The van der Waals surface area contributed by atoms with Gasteiger partial charge in [0.1, 0.15) is 0 Å². The summed E-state index contributed by atoms with van der Waals surface area (Å²) in [4.78, 5) is 47.0. The summed E-state index contributed by atoms with van der Waals surface area (Å²) in [6.07, 6.45) is 0.0166. The van der Waals surface area contributed by atoms with E-state index in [2.05, 4.69) is 0 Å². The van der Waals surface area contributed by atoms with Crippen LogP contribution in [0.2, 0.25) is 0 Å². The van der Waals surface area contributed by atoms with Gasteiger partial charge in [-0.1, -0.05) is 0 Å². The Morgan fingerprint density at radius 3 is 1.43 bits per heavy atom. The van der Waals surface area contributed by atoms with Crippen LogP contribution in [-0.2, 0) is 19.2 Å². The number of fused-ring (bicyclic) bond motifs is 5. The molecule has 0 aliphatic carbocycles. The minimum Gasteiger partial charge on any atom is -0.274 e. The third kappa shape index (κ3) is 1.11.